The van der Waals surface area contributed by atoms with Gasteiger partial charge in [-0.3, -0.25) is 0 Å². The Bertz CT molecular complexity index is 590. The summed E-state index contributed by atoms with van der Waals surface area (Å²) >= 11 is 1.60. The monoisotopic (exact) mass is 272 g/mol. The van der Waals surface area contributed by atoms with Crippen LogP contribution >= 0.6 is 11.3 Å². The molecule has 1 N–H and O–H groups in total. The SMILES string of the molecule is CCc1ccccc1OCc1ccc(C#CCO)s1. The van der Waals surface area contributed by atoms with Crippen molar-refractivity contribution in [2.75, 3.05) is 6.61 Å². The first-order valence-electron chi connectivity index (χ1n) is 6.22. The first-order chi connectivity index (χ1) is 9.33. The van der Waals surface area contributed by atoms with E-state index in [9.17, 15) is 0 Å². The van der Waals surface area contributed by atoms with Gasteiger partial charge in [-0.15, -0.1) is 11.3 Å². The van der Waals surface area contributed by atoms with Crippen molar-refractivity contribution in [1.82, 2.24) is 0 Å². The molecule has 0 saturated heterocycles. The number of hydrogen-bond donors (Lipinski definition) is 1. The third-order valence-corrected chi connectivity index (χ3v) is 3.65. The Hall–Kier alpha value is -1.76. The fraction of sp³-hybridized carbons (Fsp3) is 0.250. The zero-order valence-electron chi connectivity index (χ0n) is 10.8. The van der Waals surface area contributed by atoms with Gasteiger partial charge in [0.25, 0.3) is 0 Å². The van der Waals surface area contributed by atoms with Crippen molar-refractivity contribution in [2.45, 2.75) is 20.0 Å². The van der Waals surface area contributed by atoms with Gasteiger partial charge >= 0.3 is 0 Å². The molecule has 2 aromatic rings. The van der Waals surface area contributed by atoms with Crippen molar-refractivity contribution in [1.29, 1.82) is 0 Å². The van der Waals surface area contributed by atoms with E-state index in [1.54, 1.807) is 11.3 Å². The highest BCUT2D eigenvalue weighted by Gasteiger charge is 2.03. The lowest BCUT2D eigenvalue weighted by molar-refractivity contribution is 0.306. The lowest BCUT2D eigenvalue weighted by Gasteiger charge is -2.08. The molecule has 0 aliphatic carbocycles. The molecule has 2 rings (SSSR count). The molecule has 0 unspecified atom stereocenters. The van der Waals surface area contributed by atoms with Gasteiger partial charge in [-0.05, 0) is 30.2 Å². The number of hydrogen-bond acceptors (Lipinski definition) is 3. The van der Waals surface area contributed by atoms with Crippen LogP contribution in [0.15, 0.2) is 36.4 Å². The van der Waals surface area contributed by atoms with Gasteiger partial charge in [-0.25, -0.2) is 0 Å². The molecule has 0 fully saturated rings. The van der Waals surface area contributed by atoms with Gasteiger partial charge in [0.2, 0.25) is 0 Å². The van der Waals surface area contributed by atoms with Crippen LogP contribution in [0.25, 0.3) is 0 Å². The molecule has 3 heteroatoms. The average molecular weight is 272 g/mol. The van der Waals surface area contributed by atoms with E-state index < -0.39 is 0 Å². The topological polar surface area (TPSA) is 29.5 Å². The molecule has 0 radical (unpaired) electrons. The first-order valence-corrected chi connectivity index (χ1v) is 7.04. The molecule has 0 atom stereocenters. The highest BCUT2D eigenvalue weighted by atomic mass is 32.1. The zero-order valence-corrected chi connectivity index (χ0v) is 11.7. The lowest BCUT2D eigenvalue weighted by atomic mass is 10.1. The molecule has 0 amide bonds. The fourth-order valence-corrected chi connectivity index (χ4v) is 2.53. The van der Waals surface area contributed by atoms with E-state index in [4.69, 9.17) is 9.84 Å². The molecule has 2 nitrogen and oxygen atoms in total. The highest BCUT2D eigenvalue weighted by molar-refractivity contribution is 7.12. The van der Waals surface area contributed by atoms with Crippen LogP contribution in [0, 0.1) is 11.8 Å². The van der Waals surface area contributed by atoms with E-state index in [2.05, 4.69) is 24.8 Å². The van der Waals surface area contributed by atoms with Gasteiger partial charge in [0.15, 0.2) is 0 Å². The van der Waals surface area contributed by atoms with E-state index in [0.717, 1.165) is 21.9 Å². The molecule has 98 valence electrons. The third-order valence-electron chi connectivity index (χ3n) is 2.68. The summed E-state index contributed by atoms with van der Waals surface area (Å²) in [4.78, 5) is 2.09. The van der Waals surface area contributed by atoms with E-state index in [0.29, 0.717) is 6.61 Å². The van der Waals surface area contributed by atoms with Crippen LogP contribution in [-0.2, 0) is 13.0 Å². The lowest BCUT2D eigenvalue weighted by Crippen LogP contribution is -1.96. The molecule has 0 saturated carbocycles. The minimum absolute atomic E-state index is 0.104. The van der Waals surface area contributed by atoms with Gasteiger partial charge in [-0.1, -0.05) is 37.0 Å². The van der Waals surface area contributed by atoms with E-state index in [1.807, 2.05) is 30.3 Å². The number of aryl methyl sites for hydroxylation is 1. The van der Waals surface area contributed by atoms with Gasteiger partial charge in [0.05, 0.1) is 4.88 Å². The third kappa shape index (κ3) is 3.85. The molecule has 0 aliphatic rings. The molecular weight excluding hydrogens is 256 g/mol. The van der Waals surface area contributed by atoms with Crippen LogP contribution < -0.4 is 4.74 Å². The summed E-state index contributed by atoms with van der Waals surface area (Å²) in [6.07, 6.45) is 0.966. The second kappa shape index (κ2) is 6.98. The molecule has 0 bridgehead atoms. The Morgan fingerprint density at radius 2 is 2.05 bits per heavy atom. The van der Waals surface area contributed by atoms with Gasteiger partial charge in [0, 0.05) is 4.88 Å². The largest absolute Gasteiger partial charge is 0.488 e. The number of thiophene rings is 1. The maximum Gasteiger partial charge on any atom is 0.123 e. The van der Waals surface area contributed by atoms with Crippen molar-refractivity contribution in [3.05, 3.63) is 51.7 Å². The van der Waals surface area contributed by atoms with Gasteiger partial charge < -0.3 is 9.84 Å². The summed E-state index contributed by atoms with van der Waals surface area (Å²) in [6.45, 7) is 2.58. The quantitative estimate of drug-likeness (QED) is 0.866. The van der Waals surface area contributed by atoms with E-state index in [-0.39, 0.29) is 6.61 Å². The van der Waals surface area contributed by atoms with Crippen LogP contribution in [0.5, 0.6) is 5.75 Å². The Morgan fingerprint density at radius 1 is 1.21 bits per heavy atom. The van der Waals surface area contributed by atoms with Crippen molar-refractivity contribution in [3.8, 4) is 17.6 Å². The maximum atomic E-state index is 8.65. The smallest absolute Gasteiger partial charge is 0.123 e. The minimum Gasteiger partial charge on any atom is -0.488 e. The molecule has 1 aromatic carbocycles. The zero-order chi connectivity index (χ0) is 13.5. The summed E-state index contributed by atoms with van der Waals surface area (Å²) < 4.78 is 5.84. The predicted molar refractivity (Wildman–Crippen MR) is 78.4 cm³/mol. The van der Waals surface area contributed by atoms with Crippen LogP contribution in [0.4, 0.5) is 0 Å². The number of benzene rings is 1. The molecule has 0 spiro atoms. The van der Waals surface area contributed by atoms with Gasteiger partial charge in [0.1, 0.15) is 19.0 Å². The minimum atomic E-state index is -0.104. The molecular formula is C16H16O2S. The molecule has 19 heavy (non-hydrogen) atoms. The van der Waals surface area contributed by atoms with Crippen LogP contribution in [0.2, 0.25) is 0 Å². The van der Waals surface area contributed by atoms with E-state index in [1.165, 1.54) is 5.56 Å². The number of aliphatic hydroxyl groups is 1. The Morgan fingerprint density at radius 3 is 2.84 bits per heavy atom. The fourth-order valence-electron chi connectivity index (χ4n) is 1.73. The second-order valence-electron chi connectivity index (χ2n) is 3.98. The summed E-state index contributed by atoms with van der Waals surface area (Å²) in [5.74, 6) is 6.49. The second-order valence-corrected chi connectivity index (χ2v) is 5.14. The Kier molecular flexibility index (Phi) is 5.02. The number of para-hydroxylation sites is 1. The molecule has 1 heterocycles. The highest BCUT2D eigenvalue weighted by Crippen LogP contribution is 2.22. The normalized spacial score (nSPS) is 9.79. The Balaban J connectivity index is 2.00. The van der Waals surface area contributed by atoms with Crippen molar-refractivity contribution in [3.63, 3.8) is 0 Å². The summed E-state index contributed by atoms with van der Waals surface area (Å²) in [7, 11) is 0. The predicted octanol–water partition coefficient (Wildman–Crippen LogP) is 3.23. The summed E-state index contributed by atoms with van der Waals surface area (Å²) in [5.41, 5.74) is 1.22. The average Bonchev–Trinajstić information content (AvgIpc) is 2.91. The van der Waals surface area contributed by atoms with Crippen LogP contribution in [0.3, 0.4) is 0 Å². The summed E-state index contributed by atoms with van der Waals surface area (Å²) in [5, 5.41) is 8.65. The molecule has 0 aliphatic heterocycles. The van der Waals surface area contributed by atoms with E-state index >= 15 is 0 Å². The molecule has 1 aromatic heterocycles. The van der Waals surface area contributed by atoms with Crippen molar-refractivity contribution >= 4 is 11.3 Å². The number of ether oxygens (including phenoxy) is 1. The maximum absolute atomic E-state index is 8.65. The number of aliphatic hydroxyl groups excluding tert-OH is 1. The number of rotatable bonds is 4. The van der Waals surface area contributed by atoms with Crippen molar-refractivity contribution < 1.29 is 9.84 Å². The van der Waals surface area contributed by atoms with Gasteiger partial charge in [-0.2, -0.15) is 0 Å². The van der Waals surface area contributed by atoms with Crippen LogP contribution in [-0.4, -0.2) is 11.7 Å². The Labute approximate surface area is 117 Å². The standard InChI is InChI=1S/C16H16O2S/c1-2-13-6-3-4-8-16(13)18-12-15-10-9-14(19-15)7-5-11-17/h3-4,6,8-10,17H,2,11-12H2,1H3. The van der Waals surface area contributed by atoms with Crippen molar-refractivity contribution in [2.24, 2.45) is 0 Å². The summed E-state index contributed by atoms with van der Waals surface area (Å²) in [6, 6.07) is 12.1. The first kappa shape index (κ1) is 13.7. The van der Waals surface area contributed by atoms with Crippen LogP contribution in [0.1, 0.15) is 22.2 Å².